The van der Waals surface area contributed by atoms with Crippen LogP contribution in [0.15, 0.2) is 48.8 Å². The molecule has 0 amide bonds. The van der Waals surface area contributed by atoms with E-state index in [2.05, 4.69) is 41.2 Å². The molecule has 1 heterocycles. The SMILES string of the molecule is OCCCCC[n+]1ccc(/C=C/c2ccc(N(CCO)CCO)cc2)cc1. The minimum atomic E-state index is 0.0666. The molecule has 0 aliphatic carbocycles. The number of aromatic nitrogens is 1. The fraction of sp³-hybridized carbons (Fsp3) is 0.409. The van der Waals surface area contributed by atoms with E-state index < -0.39 is 0 Å². The second-order valence-corrected chi connectivity index (χ2v) is 6.51. The molecule has 0 fully saturated rings. The van der Waals surface area contributed by atoms with Crippen molar-refractivity contribution in [3.8, 4) is 0 Å². The zero-order valence-electron chi connectivity index (χ0n) is 15.9. The van der Waals surface area contributed by atoms with Gasteiger partial charge in [0.15, 0.2) is 12.4 Å². The van der Waals surface area contributed by atoms with E-state index in [1.165, 1.54) is 0 Å². The van der Waals surface area contributed by atoms with Gasteiger partial charge >= 0.3 is 0 Å². The van der Waals surface area contributed by atoms with E-state index >= 15 is 0 Å². The van der Waals surface area contributed by atoms with E-state index in [-0.39, 0.29) is 19.8 Å². The predicted molar refractivity (Wildman–Crippen MR) is 109 cm³/mol. The second-order valence-electron chi connectivity index (χ2n) is 6.51. The lowest BCUT2D eigenvalue weighted by Gasteiger charge is -2.22. The molecule has 0 aliphatic rings. The highest BCUT2D eigenvalue weighted by Crippen LogP contribution is 2.16. The van der Waals surface area contributed by atoms with Gasteiger partial charge in [0.1, 0.15) is 6.54 Å². The zero-order chi connectivity index (χ0) is 19.3. The highest BCUT2D eigenvalue weighted by Gasteiger charge is 2.04. The number of aliphatic hydroxyl groups excluding tert-OH is 3. The van der Waals surface area contributed by atoms with Gasteiger partial charge in [0, 0.05) is 43.9 Å². The lowest BCUT2D eigenvalue weighted by Crippen LogP contribution is -2.32. The largest absolute Gasteiger partial charge is 0.396 e. The Morgan fingerprint density at radius 3 is 1.85 bits per heavy atom. The third kappa shape index (κ3) is 7.51. The maximum atomic E-state index is 9.13. The van der Waals surface area contributed by atoms with Crippen LogP contribution >= 0.6 is 0 Å². The number of rotatable bonds is 12. The van der Waals surface area contributed by atoms with Crippen LogP contribution in [0.4, 0.5) is 5.69 Å². The first-order valence-electron chi connectivity index (χ1n) is 9.61. The van der Waals surface area contributed by atoms with Crippen molar-refractivity contribution in [2.24, 2.45) is 0 Å². The van der Waals surface area contributed by atoms with Crippen LogP contribution < -0.4 is 9.47 Å². The van der Waals surface area contributed by atoms with Crippen molar-refractivity contribution in [3.05, 3.63) is 59.9 Å². The number of nitrogens with zero attached hydrogens (tertiary/aromatic N) is 2. The molecule has 0 unspecified atom stereocenters. The molecule has 3 N–H and O–H groups in total. The molecule has 0 saturated carbocycles. The van der Waals surface area contributed by atoms with E-state index in [9.17, 15) is 0 Å². The number of hydrogen-bond donors (Lipinski definition) is 3. The number of hydrogen-bond acceptors (Lipinski definition) is 4. The molecule has 5 heteroatoms. The standard InChI is InChI=1S/C22H31N2O3/c25-17-3-1-2-12-23-13-10-21(11-14-23)5-4-20-6-8-22(9-7-20)24(15-18-26)16-19-27/h4-11,13-14,25-27H,1-3,12,15-19H2/q+1. The molecule has 0 aliphatic heterocycles. The molecule has 5 nitrogen and oxygen atoms in total. The Kier molecular flexibility index (Phi) is 9.55. The van der Waals surface area contributed by atoms with Crippen molar-refractivity contribution in [1.82, 2.24) is 0 Å². The lowest BCUT2D eigenvalue weighted by atomic mass is 10.1. The quantitative estimate of drug-likeness (QED) is 0.395. The highest BCUT2D eigenvalue weighted by molar-refractivity contribution is 5.70. The van der Waals surface area contributed by atoms with Gasteiger partial charge < -0.3 is 20.2 Å². The monoisotopic (exact) mass is 371 g/mol. The van der Waals surface area contributed by atoms with Gasteiger partial charge in [-0.05, 0) is 36.1 Å². The van der Waals surface area contributed by atoms with E-state index in [1.54, 1.807) is 0 Å². The second kappa shape index (κ2) is 12.2. The van der Waals surface area contributed by atoms with Crippen molar-refractivity contribution in [2.75, 3.05) is 37.8 Å². The number of pyridine rings is 1. The zero-order valence-corrected chi connectivity index (χ0v) is 15.9. The minimum absolute atomic E-state index is 0.0666. The van der Waals surface area contributed by atoms with Crippen LogP contribution in [0.1, 0.15) is 30.4 Å². The lowest BCUT2D eigenvalue weighted by molar-refractivity contribution is -0.697. The summed E-state index contributed by atoms with van der Waals surface area (Å²) < 4.78 is 2.17. The number of benzene rings is 1. The first-order valence-corrected chi connectivity index (χ1v) is 9.61. The van der Waals surface area contributed by atoms with Crippen LogP contribution in [0.2, 0.25) is 0 Å². The van der Waals surface area contributed by atoms with Crippen LogP contribution in [0.3, 0.4) is 0 Å². The van der Waals surface area contributed by atoms with Gasteiger partial charge in [-0.15, -0.1) is 0 Å². The molecule has 1 aromatic heterocycles. The fourth-order valence-electron chi connectivity index (χ4n) is 2.91. The number of aryl methyl sites for hydroxylation is 1. The number of unbranched alkanes of at least 4 members (excludes halogenated alkanes) is 2. The van der Waals surface area contributed by atoms with Gasteiger partial charge in [-0.2, -0.15) is 0 Å². The molecule has 0 spiro atoms. The van der Waals surface area contributed by atoms with E-state index in [0.29, 0.717) is 13.1 Å². The van der Waals surface area contributed by atoms with Crippen LogP contribution in [-0.2, 0) is 6.54 Å². The Morgan fingerprint density at radius 1 is 0.704 bits per heavy atom. The molecule has 0 bridgehead atoms. The summed E-state index contributed by atoms with van der Waals surface area (Å²) >= 11 is 0. The van der Waals surface area contributed by atoms with Crippen molar-refractivity contribution in [2.45, 2.75) is 25.8 Å². The van der Waals surface area contributed by atoms with Crippen molar-refractivity contribution >= 4 is 17.8 Å². The van der Waals surface area contributed by atoms with Crippen LogP contribution in [0, 0.1) is 0 Å². The Labute approximate surface area is 161 Å². The Bertz CT molecular complexity index is 663. The topological polar surface area (TPSA) is 67.8 Å². The number of anilines is 1. The van der Waals surface area contributed by atoms with Gasteiger partial charge in [0.2, 0.25) is 0 Å². The molecule has 0 atom stereocenters. The summed E-state index contributed by atoms with van der Waals surface area (Å²) in [5.41, 5.74) is 3.25. The summed E-state index contributed by atoms with van der Waals surface area (Å²) in [6.07, 6.45) is 11.3. The van der Waals surface area contributed by atoms with Crippen molar-refractivity contribution in [1.29, 1.82) is 0 Å². The van der Waals surface area contributed by atoms with E-state index in [1.807, 2.05) is 29.2 Å². The van der Waals surface area contributed by atoms with Crippen molar-refractivity contribution in [3.63, 3.8) is 0 Å². The third-order valence-corrected chi connectivity index (χ3v) is 4.46. The van der Waals surface area contributed by atoms with Gasteiger partial charge in [-0.3, -0.25) is 0 Å². The smallest absolute Gasteiger partial charge is 0.169 e. The summed E-state index contributed by atoms with van der Waals surface area (Å²) in [5, 5.41) is 27.1. The molecule has 1 aromatic carbocycles. The first kappa shape index (κ1) is 21.1. The summed E-state index contributed by atoms with van der Waals surface area (Å²) in [7, 11) is 0. The normalized spacial score (nSPS) is 11.2. The molecule has 0 radical (unpaired) electrons. The molecular formula is C22H31N2O3+. The summed E-state index contributed by atoms with van der Waals surface area (Å²) in [4.78, 5) is 1.96. The number of aliphatic hydroxyl groups is 3. The average molecular weight is 372 g/mol. The molecule has 2 aromatic rings. The van der Waals surface area contributed by atoms with Gasteiger partial charge in [0.05, 0.1) is 13.2 Å². The molecule has 27 heavy (non-hydrogen) atoms. The first-order chi connectivity index (χ1) is 13.3. The molecule has 0 saturated heterocycles. The Balaban J connectivity index is 1.91. The third-order valence-electron chi connectivity index (χ3n) is 4.46. The summed E-state index contributed by atoms with van der Waals surface area (Å²) in [6.45, 7) is 2.41. The minimum Gasteiger partial charge on any atom is -0.396 e. The highest BCUT2D eigenvalue weighted by atomic mass is 16.3. The molecule has 2 rings (SSSR count). The van der Waals surface area contributed by atoms with Gasteiger partial charge in [-0.1, -0.05) is 24.3 Å². The molecule has 146 valence electrons. The van der Waals surface area contributed by atoms with Crippen LogP contribution in [0.25, 0.3) is 12.2 Å². The summed E-state index contributed by atoms with van der Waals surface area (Å²) in [6, 6.07) is 12.3. The maximum Gasteiger partial charge on any atom is 0.169 e. The molecular weight excluding hydrogens is 340 g/mol. The van der Waals surface area contributed by atoms with Crippen LogP contribution in [-0.4, -0.2) is 48.2 Å². The van der Waals surface area contributed by atoms with Gasteiger partial charge in [0.25, 0.3) is 0 Å². The van der Waals surface area contributed by atoms with E-state index in [4.69, 9.17) is 15.3 Å². The predicted octanol–water partition coefficient (Wildman–Crippen LogP) is 2.10. The van der Waals surface area contributed by atoms with Gasteiger partial charge in [-0.25, -0.2) is 4.57 Å². The average Bonchev–Trinajstić information content (AvgIpc) is 2.71. The van der Waals surface area contributed by atoms with Crippen LogP contribution in [0.5, 0.6) is 0 Å². The Morgan fingerprint density at radius 2 is 1.30 bits per heavy atom. The van der Waals surface area contributed by atoms with E-state index in [0.717, 1.165) is 42.6 Å². The van der Waals surface area contributed by atoms with Crippen molar-refractivity contribution < 1.29 is 19.9 Å². The Hall–Kier alpha value is -2.21. The maximum absolute atomic E-state index is 9.13. The summed E-state index contributed by atoms with van der Waals surface area (Å²) in [5.74, 6) is 0. The fourth-order valence-corrected chi connectivity index (χ4v) is 2.91.